The van der Waals surface area contributed by atoms with Gasteiger partial charge in [0.2, 0.25) is 0 Å². The van der Waals surface area contributed by atoms with Crippen molar-refractivity contribution in [3.05, 3.63) is 41.6 Å². The first-order valence-electron chi connectivity index (χ1n) is 7.49. The second-order valence-electron chi connectivity index (χ2n) is 6.73. The summed E-state index contributed by atoms with van der Waals surface area (Å²) in [6, 6.07) is 10.6. The predicted molar refractivity (Wildman–Crippen MR) is 89.8 cm³/mol. The van der Waals surface area contributed by atoms with E-state index in [0.29, 0.717) is 5.92 Å². The summed E-state index contributed by atoms with van der Waals surface area (Å²) in [5.41, 5.74) is 3.60. The van der Waals surface area contributed by atoms with Gasteiger partial charge < -0.3 is 5.32 Å². The standard InChI is InChI=1S/C18H25N3/c1-12(2)15-11-16(19-6)21-17(20-15)13-7-9-14(10-8-13)18(3,4)5/h7-12H,1-6H3,(H,19,20,21). The third-order valence-corrected chi connectivity index (χ3v) is 3.60. The third-order valence-electron chi connectivity index (χ3n) is 3.60. The smallest absolute Gasteiger partial charge is 0.161 e. The van der Waals surface area contributed by atoms with Crippen LogP contribution in [0, 0.1) is 0 Å². The van der Waals surface area contributed by atoms with E-state index in [1.807, 2.05) is 13.1 Å². The second kappa shape index (κ2) is 5.84. The van der Waals surface area contributed by atoms with Crippen LogP contribution in [0.4, 0.5) is 5.82 Å². The van der Waals surface area contributed by atoms with E-state index in [9.17, 15) is 0 Å². The van der Waals surface area contributed by atoms with E-state index in [-0.39, 0.29) is 5.41 Å². The van der Waals surface area contributed by atoms with Crippen molar-refractivity contribution in [3.63, 3.8) is 0 Å². The molecule has 0 bridgehead atoms. The highest BCUT2D eigenvalue weighted by atomic mass is 15.0. The number of anilines is 1. The molecule has 0 fully saturated rings. The molecule has 21 heavy (non-hydrogen) atoms. The number of benzene rings is 1. The molecule has 2 aromatic rings. The lowest BCUT2D eigenvalue weighted by atomic mass is 9.86. The van der Waals surface area contributed by atoms with Crippen LogP contribution >= 0.6 is 0 Å². The van der Waals surface area contributed by atoms with Crippen LogP contribution in [0.5, 0.6) is 0 Å². The van der Waals surface area contributed by atoms with Gasteiger partial charge in [0, 0.05) is 24.4 Å². The molecule has 0 spiro atoms. The Bertz CT molecular complexity index is 607. The van der Waals surface area contributed by atoms with Crippen LogP contribution in [-0.2, 0) is 5.41 Å². The van der Waals surface area contributed by atoms with Crippen LogP contribution in [0.25, 0.3) is 11.4 Å². The van der Waals surface area contributed by atoms with Crippen molar-refractivity contribution < 1.29 is 0 Å². The summed E-state index contributed by atoms with van der Waals surface area (Å²) < 4.78 is 0. The maximum atomic E-state index is 4.69. The number of nitrogens with one attached hydrogen (secondary N) is 1. The van der Waals surface area contributed by atoms with E-state index >= 15 is 0 Å². The van der Waals surface area contributed by atoms with Gasteiger partial charge in [0.25, 0.3) is 0 Å². The molecule has 0 amide bonds. The topological polar surface area (TPSA) is 37.8 Å². The maximum Gasteiger partial charge on any atom is 0.161 e. The number of hydrogen-bond donors (Lipinski definition) is 1. The van der Waals surface area contributed by atoms with Crippen molar-refractivity contribution in [2.24, 2.45) is 0 Å². The summed E-state index contributed by atoms with van der Waals surface area (Å²) in [4.78, 5) is 9.27. The quantitative estimate of drug-likeness (QED) is 0.894. The molecule has 1 N–H and O–H groups in total. The first-order chi connectivity index (χ1) is 9.81. The Hall–Kier alpha value is -1.90. The fourth-order valence-corrected chi connectivity index (χ4v) is 2.14. The molecule has 3 heteroatoms. The van der Waals surface area contributed by atoms with E-state index in [4.69, 9.17) is 4.98 Å². The van der Waals surface area contributed by atoms with E-state index in [2.05, 4.69) is 69.2 Å². The predicted octanol–water partition coefficient (Wildman–Crippen LogP) is 4.61. The lowest BCUT2D eigenvalue weighted by Gasteiger charge is -2.19. The zero-order valence-corrected chi connectivity index (χ0v) is 13.9. The SMILES string of the molecule is CNc1cc(C(C)C)nc(-c2ccc(C(C)(C)C)cc2)n1. The second-order valence-corrected chi connectivity index (χ2v) is 6.73. The van der Waals surface area contributed by atoms with Gasteiger partial charge in [0.1, 0.15) is 5.82 Å². The van der Waals surface area contributed by atoms with Gasteiger partial charge in [-0.2, -0.15) is 0 Å². The number of nitrogens with zero attached hydrogens (tertiary/aromatic N) is 2. The molecule has 0 saturated heterocycles. The van der Waals surface area contributed by atoms with Crippen LogP contribution in [0.2, 0.25) is 0 Å². The highest BCUT2D eigenvalue weighted by Gasteiger charge is 2.14. The van der Waals surface area contributed by atoms with E-state index in [0.717, 1.165) is 22.9 Å². The average Bonchev–Trinajstić information content (AvgIpc) is 2.46. The summed E-state index contributed by atoms with van der Waals surface area (Å²) in [6.07, 6.45) is 0. The molecule has 1 aromatic carbocycles. The number of aromatic nitrogens is 2. The molecule has 0 aliphatic heterocycles. The molecular weight excluding hydrogens is 258 g/mol. The zero-order chi connectivity index (χ0) is 15.6. The molecule has 0 radical (unpaired) electrons. The summed E-state index contributed by atoms with van der Waals surface area (Å²) in [5, 5.41) is 3.12. The Morgan fingerprint density at radius 2 is 1.62 bits per heavy atom. The lowest BCUT2D eigenvalue weighted by Crippen LogP contribution is -2.10. The van der Waals surface area contributed by atoms with Crippen molar-refractivity contribution >= 4 is 5.82 Å². The summed E-state index contributed by atoms with van der Waals surface area (Å²) in [5.74, 6) is 2.03. The minimum absolute atomic E-state index is 0.162. The fourth-order valence-electron chi connectivity index (χ4n) is 2.14. The van der Waals surface area contributed by atoms with Crippen LogP contribution in [0.3, 0.4) is 0 Å². The largest absolute Gasteiger partial charge is 0.373 e. The molecule has 1 heterocycles. The molecule has 0 unspecified atom stereocenters. The van der Waals surface area contributed by atoms with Crippen LogP contribution in [0.15, 0.2) is 30.3 Å². The maximum absolute atomic E-state index is 4.69. The van der Waals surface area contributed by atoms with Crippen molar-refractivity contribution in [1.29, 1.82) is 0 Å². The van der Waals surface area contributed by atoms with E-state index in [1.165, 1.54) is 5.56 Å². The first-order valence-corrected chi connectivity index (χ1v) is 7.49. The molecule has 112 valence electrons. The Morgan fingerprint density at radius 3 is 2.10 bits per heavy atom. The van der Waals surface area contributed by atoms with Gasteiger partial charge in [-0.25, -0.2) is 9.97 Å². The van der Waals surface area contributed by atoms with Gasteiger partial charge in [0.05, 0.1) is 0 Å². The summed E-state index contributed by atoms with van der Waals surface area (Å²) in [6.45, 7) is 11.0. The Morgan fingerprint density at radius 1 is 1.00 bits per heavy atom. The molecule has 1 aromatic heterocycles. The Labute approximate surface area is 127 Å². The molecule has 0 saturated carbocycles. The highest BCUT2D eigenvalue weighted by molar-refractivity contribution is 5.58. The van der Waals surface area contributed by atoms with Crippen LogP contribution < -0.4 is 5.32 Å². The Kier molecular flexibility index (Phi) is 4.31. The molecule has 0 aliphatic carbocycles. The molecular formula is C18H25N3. The third kappa shape index (κ3) is 3.60. The van der Waals surface area contributed by atoms with Crippen molar-refractivity contribution in [2.45, 2.75) is 46.0 Å². The van der Waals surface area contributed by atoms with Gasteiger partial charge in [0.15, 0.2) is 5.82 Å². The molecule has 3 nitrogen and oxygen atoms in total. The van der Waals surface area contributed by atoms with Gasteiger partial charge in [-0.1, -0.05) is 58.9 Å². The first kappa shape index (κ1) is 15.5. The summed E-state index contributed by atoms with van der Waals surface area (Å²) >= 11 is 0. The normalized spacial score (nSPS) is 11.8. The molecule has 0 aliphatic rings. The lowest BCUT2D eigenvalue weighted by molar-refractivity contribution is 0.590. The van der Waals surface area contributed by atoms with E-state index < -0.39 is 0 Å². The van der Waals surface area contributed by atoms with Gasteiger partial charge in [-0.15, -0.1) is 0 Å². The van der Waals surface area contributed by atoms with Crippen molar-refractivity contribution in [1.82, 2.24) is 9.97 Å². The summed E-state index contributed by atoms with van der Waals surface area (Å²) in [7, 11) is 1.89. The fraction of sp³-hybridized carbons (Fsp3) is 0.444. The highest BCUT2D eigenvalue weighted by Crippen LogP contribution is 2.26. The monoisotopic (exact) mass is 283 g/mol. The van der Waals surface area contributed by atoms with Crippen molar-refractivity contribution in [3.8, 4) is 11.4 Å². The molecule has 2 rings (SSSR count). The van der Waals surface area contributed by atoms with E-state index in [1.54, 1.807) is 0 Å². The zero-order valence-electron chi connectivity index (χ0n) is 13.9. The van der Waals surface area contributed by atoms with Crippen LogP contribution in [0.1, 0.15) is 51.8 Å². The van der Waals surface area contributed by atoms with Gasteiger partial charge >= 0.3 is 0 Å². The van der Waals surface area contributed by atoms with Crippen LogP contribution in [-0.4, -0.2) is 17.0 Å². The average molecular weight is 283 g/mol. The molecule has 0 atom stereocenters. The minimum atomic E-state index is 0.162. The number of rotatable bonds is 3. The minimum Gasteiger partial charge on any atom is -0.373 e. The Balaban J connectivity index is 2.44. The number of hydrogen-bond acceptors (Lipinski definition) is 3. The van der Waals surface area contributed by atoms with Gasteiger partial charge in [-0.05, 0) is 16.9 Å². The van der Waals surface area contributed by atoms with Crippen molar-refractivity contribution in [2.75, 3.05) is 12.4 Å². The van der Waals surface area contributed by atoms with Gasteiger partial charge in [-0.3, -0.25) is 0 Å².